The van der Waals surface area contributed by atoms with Crippen molar-refractivity contribution in [2.45, 2.75) is 0 Å². The minimum absolute atomic E-state index is 0.753. The summed E-state index contributed by atoms with van der Waals surface area (Å²) < 4.78 is 0. The molecule has 0 aliphatic carbocycles. The van der Waals surface area contributed by atoms with E-state index in [0.29, 0.717) is 0 Å². The lowest BCUT2D eigenvalue weighted by Crippen LogP contribution is -1.96. The standard InChI is InChI=1S/C42H26N6/c1-2-11-27(12-3-1)40-30-13-4-5-14-33(30)47-42-31(40)21-19-28-20-22-37(48-41(28)42)36-18-10-17-32(45-36)29-25-38(34-15-6-8-23-43-34)46-39(26-29)35-16-7-9-24-44-35/h1-26H. The van der Waals surface area contributed by atoms with E-state index in [1.807, 2.05) is 84.9 Å². The third kappa shape index (κ3) is 4.93. The Balaban J connectivity index is 1.21. The van der Waals surface area contributed by atoms with Gasteiger partial charge in [-0.1, -0.05) is 84.9 Å². The first-order chi connectivity index (χ1) is 23.8. The van der Waals surface area contributed by atoms with Gasteiger partial charge in [0, 0.05) is 39.7 Å². The molecule has 0 aliphatic rings. The summed E-state index contributed by atoms with van der Waals surface area (Å²) in [5.74, 6) is 0. The SMILES string of the molecule is c1ccc(-c2c3ccccc3nc3c2ccc2ccc(-c4cccc(-c5cc(-c6ccccn6)nc(-c6ccccn6)c5)n4)nc23)cc1. The zero-order valence-electron chi connectivity index (χ0n) is 25.7. The zero-order valence-corrected chi connectivity index (χ0v) is 25.7. The third-order valence-corrected chi connectivity index (χ3v) is 8.56. The van der Waals surface area contributed by atoms with Crippen molar-refractivity contribution in [3.63, 3.8) is 0 Å². The quantitative estimate of drug-likeness (QED) is 0.142. The normalized spacial score (nSPS) is 11.3. The summed E-state index contributed by atoms with van der Waals surface area (Å²) in [7, 11) is 0. The number of rotatable bonds is 5. The number of aromatic nitrogens is 6. The van der Waals surface area contributed by atoms with Crippen LogP contribution < -0.4 is 0 Å². The Labute approximate surface area is 276 Å². The summed E-state index contributed by atoms with van der Waals surface area (Å²) in [6.07, 6.45) is 3.55. The largest absolute Gasteiger partial charge is 0.255 e. The Morgan fingerprint density at radius 3 is 1.71 bits per heavy atom. The molecule has 6 heterocycles. The fourth-order valence-corrected chi connectivity index (χ4v) is 6.30. The van der Waals surface area contributed by atoms with Gasteiger partial charge in [-0.25, -0.2) is 19.9 Å². The number of para-hydroxylation sites is 1. The molecule has 6 heteroatoms. The van der Waals surface area contributed by atoms with Crippen LogP contribution in [-0.4, -0.2) is 29.9 Å². The predicted octanol–water partition coefficient (Wildman–Crippen LogP) is 9.85. The number of benzene rings is 3. The monoisotopic (exact) mass is 614 g/mol. The highest BCUT2D eigenvalue weighted by Gasteiger charge is 2.16. The van der Waals surface area contributed by atoms with E-state index in [0.717, 1.165) is 89.3 Å². The van der Waals surface area contributed by atoms with E-state index in [-0.39, 0.29) is 0 Å². The third-order valence-electron chi connectivity index (χ3n) is 8.56. The van der Waals surface area contributed by atoms with Gasteiger partial charge in [-0.3, -0.25) is 9.97 Å². The van der Waals surface area contributed by atoms with Crippen molar-refractivity contribution in [2.24, 2.45) is 0 Å². The fourth-order valence-electron chi connectivity index (χ4n) is 6.30. The van der Waals surface area contributed by atoms with E-state index in [9.17, 15) is 0 Å². The minimum Gasteiger partial charge on any atom is -0.255 e. The van der Waals surface area contributed by atoms with Gasteiger partial charge in [0.1, 0.15) is 0 Å². The number of hydrogen-bond donors (Lipinski definition) is 0. The van der Waals surface area contributed by atoms with Crippen molar-refractivity contribution >= 4 is 32.7 Å². The molecule has 48 heavy (non-hydrogen) atoms. The maximum absolute atomic E-state index is 5.22. The van der Waals surface area contributed by atoms with Crippen LogP contribution in [-0.2, 0) is 0 Å². The highest BCUT2D eigenvalue weighted by molar-refractivity contribution is 6.16. The lowest BCUT2D eigenvalue weighted by Gasteiger charge is -2.13. The number of nitrogens with zero attached hydrogens (tertiary/aromatic N) is 6. The van der Waals surface area contributed by atoms with Crippen molar-refractivity contribution in [1.82, 2.24) is 29.9 Å². The van der Waals surface area contributed by atoms with Crippen LogP contribution in [0, 0.1) is 0 Å². The molecule has 3 aromatic carbocycles. The molecule has 0 amide bonds. The first-order valence-corrected chi connectivity index (χ1v) is 15.8. The molecule has 0 fully saturated rings. The fraction of sp³-hybridized carbons (Fsp3) is 0. The van der Waals surface area contributed by atoms with Gasteiger partial charge in [-0.05, 0) is 66.2 Å². The average Bonchev–Trinajstić information content (AvgIpc) is 3.17. The maximum atomic E-state index is 5.22. The molecule has 6 aromatic heterocycles. The summed E-state index contributed by atoms with van der Waals surface area (Å²) >= 11 is 0. The summed E-state index contributed by atoms with van der Waals surface area (Å²) in [6, 6.07) is 49.0. The first kappa shape index (κ1) is 27.6. The molecule has 9 rings (SSSR count). The van der Waals surface area contributed by atoms with Crippen LogP contribution in [0.15, 0.2) is 158 Å². The number of fused-ring (bicyclic) bond motifs is 4. The van der Waals surface area contributed by atoms with Crippen molar-refractivity contribution in [3.05, 3.63) is 158 Å². The molecular formula is C42H26N6. The van der Waals surface area contributed by atoms with E-state index in [1.54, 1.807) is 12.4 Å². The molecule has 0 radical (unpaired) electrons. The van der Waals surface area contributed by atoms with Crippen LogP contribution in [0.4, 0.5) is 0 Å². The van der Waals surface area contributed by atoms with E-state index in [2.05, 4.69) is 70.6 Å². The second-order valence-corrected chi connectivity index (χ2v) is 11.6. The van der Waals surface area contributed by atoms with E-state index in [4.69, 9.17) is 19.9 Å². The molecule has 0 saturated heterocycles. The minimum atomic E-state index is 0.753. The van der Waals surface area contributed by atoms with Gasteiger partial charge in [0.15, 0.2) is 0 Å². The lowest BCUT2D eigenvalue weighted by molar-refractivity contribution is 1.21. The van der Waals surface area contributed by atoms with E-state index < -0.39 is 0 Å². The topological polar surface area (TPSA) is 77.3 Å². The highest BCUT2D eigenvalue weighted by atomic mass is 14.8. The van der Waals surface area contributed by atoms with Crippen LogP contribution in [0.5, 0.6) is 0 Å². The number of hydrogen-bond acceptors (Lipinski definition) is 6. The van der Waals surface area contributed by atoms with Crippen LogP contribution in [0.25, 0.3) is 89.3 Å². The Morgan fingerprint density at radius 2 is 0.958 bits per heavy atom. The summed E-state index contributed by atoms with van der Waals surface area (Å²) in [6.45, 7) is 0. The molecule has 0 spiro atoms. The molecule has 0 saturated carbocycles. The Hall–Kier alpha value is -6.66. The van der Waals surface area contributed by atoms with E-state index in [1.165, 1.54) is 0 Å². The van der Waals surface area contributed by atoms with Crippen LogP contribution in [0.3, 0.4) is 0 Å². The molecule has 0 atom stereocenters. The van der Waals surface area contributed by atoms with Gasteiger partial charge in [-0.15, -0.1) is 0 Å². The second kappa shape index (κ2) is 11.6. The summed E-state index contributed by atoms with van der Waals surface area (Å²) in [5.41, 5.74) is 11.3. The molecule has 6 nitrogen and oxygen atoms in total. The molecule has 0 aliphatic heterocycles. The van der Waals surface area contributed by atoms with Gasteiger partial charge in [-0.2, -0.15) is 0 Å². The van der Waals surface area contributed by atoms with Crippen LogP contribution >= 0.6 is 0 Å². The van der Waals surface area contributed by atoms with Gasteiger partial charge in [0.25, 0.3) is 0 Å². The summed E-state index contributed by atoms with van der Waals surface area (Å²) in [5, 5.41) is 3.21. The van der Waals surface area contributed by atoms with Crippen LogP contribution in [0.1, 0.15) is 0 Å². The molecule has 0 bridgehead atoms. The Bertz CT molecular complexity index is 2550. The van der Waals surface area contributed by atoms with Gasteiger partial charge in [0.05, 0.1) is 56.4 Å². The second-order valence-electron chi connectivity index (χ2n) is 11.6. The lowest BCUT2D eigenvalue weighted by atomic mass is 9.95. The van der Waals surface area contributed by atoms with Gasteiger partial charge >= 0.3 is 0 Å². The maximum Gasteiger partial charge on any atom is 0.0978 e. The molecule has 0 unspecified atom stereocenters. The molecule has 9 aromatic rings. The van der Waals surface area contributed by atoms with Crippen molar-refractivity contribution in [1.29, 1.82) is 0 Å². The van der Waals surface area contributed by atoms with Crippen molar-refractivity contribution < 1.29 is 0 Å². The summed E-state index contributed by atoms with van der Waals surface area (Å²) in [4.78, 5) is 29.6. The molecular weight excluding hydrogens is 589 g/mol. The zero-order chi connectivity index (χ0) is 31.9. The van der Waals surface area contributed by atoms with Crippen molar-refractivity contribution in [2.75, 3.05) is 0 Å². The van der Waals surface area contributed by atoms with Crippen LogP contribution in [0.2, 0.25) is 0 Å². The molecule has 224 valence electrons. The Morgan fingerprint density at radius 1 is 0.333 bits per heavy atom. The average molecular weight is 615 g/mol. The first-order valence-electron chi connectivity index (χ1n) is 15.8. The van der Waals surface area contributed by atoms with Gasteiger partial charge < -0.3 is 0 Å². The smallest absolute Gasteiger partial charge is 0.0978 e. The van der Waals surface area contributed by atoms with Crippen molar-refractivity contribution in [3.8, 4) is 56.5 Å². The highest BCUT2D eigenvalue weighted by Crippen LogP contribution is 2.38. The Kier molecular flexibility index (Phi) is 6.68. The van der Waals surface area contributed by atoms with Gasteiger partial charge in [0.2, 0.25) is 0 Å². The van der Waals surface area contributed by atoms with E-state index >= 15 is 0 Å². The number of pyridine rings is 6. The predicted molar refractivity (Wildman–Crippen MR) is 193 cm³/mol. The molecule has 0 N–H and O–H groups in total.